The van der Waals surface area contributed by atoms with Gasteiger partial charge in [-0.15, -0.1) is 0 Å². The number of carbonyl (C=O) groups excluding carboxylic acids is 3. The largest absolute Gasteiger partial charge is 0.299 e. The van der Waals surface area contributed by atoms with Gasteiger partial charge in [0.25, 0.3) is 0 Å². The molecule has 2 aromatic rings. The van der Waals surface area contributed by atoms with Crippen LogP contribution in [0.25, 0.3) is 0 Å². The number of hydrogen-bond acceptors (Lipinski definition) is 3. The zero-order valence-electron chi connectivity index (χ0n) is 12.8. The molecule has 4 rings (SSSR count). The third-order valence-electron chi connectivity index (χ3n) is 5.23. The lowest BCUT2D eigenvalue weighted by Gasteiger charge is -2.06. The molecular formula is C20H16O3. The number of Topliss-reactive ketones (excluding diaryl/α,β-unsaturated/α-hetero) is 3. The second-order valence-electron chi connectivity index (χ2n) is 6.26. The maximum Gasteiger partial charge on any atom is 0.178 e. The van der Waals surface area contributed by atoms with Crippen LogP contribution in [0.4, 0.5) is 0 Å². The number of hydrogen-bond donors (Lipinski definition) is 0. The van der Waals surface area contributed by atoms with Crippen molar-refractivity contribution in [3.05, 3.63) is 71.3 Å². The molecule has 1 fully saturated rings. The Kier molecular flexibility index (Phi) is 2.89. The molecule has 1 spiro atoms. The highest BCUT2D eigenvalue weighted by Gasteiger charge is 2.78. The van der Waals surface area contributed by atoms with E-state index >= 15 is 0 Å². The van der Waals surface area contributed by atoms with Crippen LogP contribution in [0.15, 0.2) is 54.6 Å². The summed E-state index contributed by atoms with van der Waals surface area (Å²) in [6, 6.07) is 16.4. The van der Waals surface area contributed by atoms with Crippen molar-refractivity contribution < 1.29 is 14.4 Å². The van der Waals surface area contributed by atoms with E-state index in [2.05, 4.69) is 0 Å². The summed E-state index contributed by atoms with van der Waals surface area (Å²) in [5, 5.41) is 0. The number of rotatable bonds is 3. The smallest absolute Gasteiger partial charge is 0.178 e. The summed E-state index contributed by atoms with van der Waals surface area (Å²) >= 11 is 0. The van der Waals surface area contributed by atoms with Crippen molar-refractivity contribution >= 4 is 17.3 Å². The topological polar surface area (TPSA) is 51.2 Å². The highest BCUT2D eigenvalue weighted by Crippen LogP contribution is 2.70. The van der Waals surface area contributed by atoms with Crippen LogP contribution in [0.5, 0.6) is 0 Å². The van der Waals surface area contributed by atoms with E-state index in [0.29, 0.717) is 17.5 Å². The average molecular weight is 304 g/mol. The van der Waals surface area contributed by atoms with E-state index in [1.807, 2.05) is 30.3 Å². The molecule has 0 unspecified atom stereocenters. The van der Waals surface area contributed by atoms with Crippen LogP contribution in [-0.2, 0) is 4.79 Å². The Hall–Kier alpha value is -2.55. The summed E-state index contributed by atoms with van der Waals surface area (Å²) in [7, 11) is 0. The van der Waals surface area contributed by atoms with Gasteiger partial charge in [0.2, 0.25) is 0 Å². The number of carbonyl (C=O) groups is 3. The Balaban J connectivity index is 1.88. The van der Waals surface area contributed by atoms with Gasteiger partial charge >= 0.3 is 0 Å². The Bertz CT molecular complexity index is 800. The number of ketones is 3. The van der Waals surface area contributed by atoms with E-state index in [1.165, 1.54) is 0 Å². The Labute approximate surface area is 134 Å². The minimum Gasteiger partial charge on any atom is -0.299 e. The van der Waals surface area contributed by atoms with Crippen molar-refractivity contribution in [2.75, 3.05) is 0 Å². The quantitative estimate of drug-likeness (QED) is 0.816. The first kappa shape index (κ1) is 14.1. The van der Waals surface area contributed by atoms with E-state index in [-0.39, 0.29) is 23.3 Å². The van der Waals surface area contributed by atoms with Crippen LogP contribution >= 0.6 is 0 Å². The second-order valence-corrected chi connectivity index (χ2v) is 6.26. The van der Waals surface area contributed by atoms with Crippen LogP contribution in [0.3, 0.4) is 0 Å². The van der Waals surface area contributed by atoms with Crippen molar-refractivity contribution in [3.63, 3.8) is 0 Å². The summed E-state index contributed by atoms with van der Waals surface area (Å²) in [6.45, 7) is 1.79. The molecule has 0 aromatic heterocycles. The average Bonchev–Trinajstić information content (AvgIpc) is 3.26. The van der Waals surface area contributed by atoms with Crippen molar-refractivity contribution in [2.24, 2.45) is 11.3 Å². The van der Waals surface area contributed by atoms with E-state index in [1.54, 1.807) is 31.2 Å². The first-order chi connectivity index (χ1) is 11.1. The molecule has 3 heteroatoms. The molecule has 3 nitrogen and oxygen atoms in total. The maximum atomic E-state index is 13.0. The summed E-state index contributed by atoms with van der Waals surface area (Å²) in [5.41, 5.74) is 0.626. The molecule has 1 saturated carbocycles. The molecule has 0 bridgehead atoms. The second kappa shape index (κ2) is 4.72. The number of fused-ring (bicyclic) bond motifs is 1. The highest BCUT2D eigenvalue weighted by molar-refractivity contribution is 6.34. The van der Waals surface area contributed by atoms with Crippen molar-refractivity contribution in [1.82, 2.24) is 0 Å². The summed E-state index contributed by atoms with van der Waals surface area (Å²) in [5.74, 6) is -1.23. The first-order valence-corrected chi connectivity index (χ1v) is 7.90. The minimum absolute atomic E-state index is 0.00615. The molecule has 0 aliphatic heterocycles. The van der Waals surface area contributed by atoms with Gasteiger partial charge in [0.1, 0.15) is 11.2 Å². The summed E-state index contributed by atoms with van der Waals surface area (Å²) < 4.78 is 0. The van der Waals surface area contributed by atoms with Crippen LogP contribution < -0.4 is 0 Å². The van der Waals surface area contributed by atoms with E-state index in [9.17, 15) is 14.4 Å². The number of benzene rings is 2. The van der Waals surface area contributed by atoms with Gasteiger partial charge in [-0.3, -0.25) is 14.4 Å². The molecule has 0 saturated heterocycles. The Morgan fingerprint density at radius 1 is 0.913 bits per heavy atom. The molecule has 114 valence electrons. The molecule has 0 radical (unpaired) electrons. The fraction of sp³-hybridized carbons (Fsp3) is 0.250. The lowest BCUT2D eigenvalue weighted by molar-refractivity contribution is -0.120. The fourth-order valence-corrected chi connectivity index (χ4v) is 4.16. The SMILES string of the molecule is CCC(=O)[C@@H]1[C@@H](c2ccccc2)C12C(=O)c1ccccc1C2=O. The van der Waals surface area contributed by atoms with Gasteiger partial charge in [-0.05, 0) is 5.56 Å². The molecular weight excluding hydrogens is 288 g/mol. The van der Waals surface area contributed by atoms with Crippen LogP contribution in [0.2, 0.25) is 0 Å². The molecule has 0 N–H and O–H groups in total. The lowest BCUT2D eigenvalue weighted by atomic mass is 9.92. The Morgan fingerprint density at radius 2 is 1.43 bits per heavy atom. The Morgan fingerprint density at radius 3 is 1.96 bits per heavy atom. The summed E-state index contributed by atoms with van der Waals surface area (Å²) in [4.78, 5) is 38.5. The van der Waals surface area contributed by atoms with Crippen molar-refractivity contribution in [1.29, 1.82) is 0 Å². The van der Waals surface area contributed by atoms with Crippen molar-refractivity contribution in [3.8, 4) is 0 Å². The summed E-state index contributed by atoms with van der Waals surface area (Å²) in [6.07, 6.45) is 0.340. The van der Waals surface area contributed by atoms with E-state index in [0.717, 1.165) is 5.56 Å². The van der Waals surface area contributed by atoms with Gasteiger partial charge < -0.3 is 0 Å². The monoisotopic (exact) mass is 304 g/mol. The first-order valence-electron chi connectivity index (χ1n) is 7.90. The third-order valence-corrected chi connectivity index (χ3v) is 5.23. The molecule has 0 heterocycles. The zero-order chi connectivity index (χ0) is 16.2. The maximum absolute atomic E-state index is 13.0. The van der Waals surface area contributed by atoms with Crippen molar-refractivity contribution in [2.45, 2.75) is 19.3 Å². The van der Waals surface area contributed by atoms with Gasteiger partial charge in [0.05, 0.1) is 0 Å². The predicted molar refractivity (Wildman–Crippen MR) is 85.5 cm³/mol. The standard InChI is InChI=1S/C20H16O3/c1-2-15(21)17-16(12-8-4-3-5-9-12)20(17)18(22)13-10-6-7-11-14(13)19(20)23/h3-11,16-17H,2H2,1H3/t16-,17-/m1/s1. The molecule has 0 amide bonds. The van der Waals surface area contributed by atoms with Crippen LogP contribution in [-0.4, -0.2) is 17.3 Å². The zero-order valence-corrected chi connectivity index (χ0v) is 12.8. The molecule has 2 aromatic carbocycles. The fourth-order valence-electron chi connectivity index (χ4n) is 4.16. The normalized spacial score (nSPS) is 23.9. The third kappa shape index (κ3) is 1.62. The molecule has 2 atom stereocenters. The van der Waals surface area contributed by atoms with Crippen LogP contribution in [0.1, 0.15) is 45.5 Å². The van der Waals surface area contributed by atoms with Crippen LogP contribution in [0, 0.1) is 11.3 Å². The predicted octanol–water partition coefficient (Wildman–Crippen LogP) is 3.44. The highest BCUT2D eigenvalue weighted by atomic mass is 16.2. The van der Waals surface area contributed by atoms with Gasteiger partial charge in [0.15, 0.2) is 11.6 Å². The minimum atomic E-state index is -1.20. The van der Waals surface area contributed by atoms with Gasteiger partial charge in [0, 0.05) is 29.4 Å². The molecule has 2 aliphatic rings. The lowest BCUT2D eigenvalue weighted by Crippen LogP contribution is -2.23. The van der Waals surface area contributed by atoms with E-state index < -0.39 is 11.3 Å². The van der Waals surface area contributed by atoms with Gasteiger partial charge in [-0.1, -0.05) is 61.5 Å². The van der Waals surface area contributed by atoms with Gasteiger partial charge in [-0.25, -0.2) is 0 Å². The van der Waals surface area contributed by atoms with E-state index in [4.69, 9.17) is 0 Å². The van der Waals surface area contributed by atoms with Gasteiger partial charge in [-0.2, -0.15) is 0 Å². The molecule has 2 aliphatic carbocycles. The molecule has 23 heavy (non-hydrogen) atoms.